The van der Waals surface area contributed by atoms with Gasteiger partial charge in [-0.3, -0.25) is 0 Å². The smallest absolute Gasteiger partial charge is 0.335 e. The highest BCUT2D eigenvalue weighted by Crippen LogP contribution is 2.34. The minimum absolute atomic E-state index is 0.289. The van der Waals surface area contributed by atoms with Crippen LogP contribution in [0.4, 0.5) is 0 Å². The highest BCUT2D eigenvalue weighted by molar-refractivity contribution is 5.85. The van der Waals surface area contributed by atoms with Crippen molar-refractivity contribution in [1.82, 2.24) is 0 Å². The average Bonchev–Trinajstić information content (AvgIpc) is 2.86. The highest BCUT2D eigenvalue weighted by atomic mass is 16.6. The zero-order chi connectivity index (χ0) is 14.7. The topological polar surface area (TPSA) is 74.2 Å². The van der Waals surface area contributed by atoms with E-state index in [0.717, 1.165) is 0 Å². The van der Waals surface area contributed by atoms with Gasteiger partial charge in [-0.1, -0.05) is 6.07 Å². The maximum Gasteiger partial charge on any atom is 0.335 e. The lowest BCUT2D eigenvalue weighted by Crippen LogP contribution is -2.22. The molecule has 6 heteroatoms. The number of aliphatic hydroxyl groups is 1. The van der Waals surface area contributed by atoms with E-state index in [0.29, 0.717) is 17.1 Å². The molecule has 0 spiro atoms. The van der Waals surface area contributed by atoms with Crippen molar-refractivity contribution in [3.63, 3.8) is 0 Å². The molecule has 0 saturated heterocycles. The minimum atomic E-state index is -1.05. The SMILES string of the molecule is COC1=CC(=O)O[C@@H]1[C@H](O)c1ccc(OC)c(OC)c1. The summed E-state index contributed by atoms with van der Waals surface area (Å²) in [6.07, 6.45) is -0.688. The van der Waals surface area contributed by atoms with Crippen LogP contribution in [0.2, 0.25) is 0 Å². The van der Waals surface area contributed by atoms with Crippen LogP contribution in [0.1, 0.15) is 11.7 Å². The molecule has 1 N–H and O–H groups in total. The highest BCUT2D eigenvalue weighted by Gasteiger charge is 2.35. The van der Waals surface area contributed by atoms with Crippen molar-refractivity contribution in [3.05, 3.63) is 35.6 Å². The van der Waals surface area contributed by atoms with Gasteiger partial charge < -0.3 is 24.1 Å². The van der Waals surface area contributed by atoms with E-state index in [2.05, 4.69) is 0 Å². The van der Waals surface area contributed by atoms with Crippen LogP contribution in [-0.4, -0.2) is 38.5 Å². The molecule has 1 aliphatic heterocycles. The summed E-state index contributed by atoms with van der Waals surface area (Å²) < 4.78 is 20.4. The van der Waals surface area contributed by atoms with Gasteiger partial charge in [0.25, 0.3) is 0 Å². The van der Waals surface area contributed by atoms with Crippen LogP contribution < -0.4 is 9.47 Å². The van der Waals surface area contributed by atoms with Crippen molar-refractivity contribution in [2.75, 3.05) is 21.3 Å². The maximum atomic E-state index is 11.2. The second-order valence-electron chi connectivity index (χ2n) is 4.17. The Morgan fingerprint density at radius 2 is 1.85 bits per heavy atom. The van der Waals surface area contributed by atoms with Gasteiger partial charge in [0.05, 0.1) is 27.4 Å². The Labute approximate surface area is 116 Å². The summed E-state index contributed by atoms with van der Waals surface area (Å²) in [6.45, 7) is 0. The van der Waals surface area contributed by atoms with Gasteiger partial charge in [-0.2, -0.15) is 0 Å². The summed E-state index contributed by atoms with van der Waals surface area (Å²) in [5.74, 6) is 0.786. The summed E-state index contributed by atoms with van der Waals surface area (Å²) in [7, 11) is 4.45. The van der Waals surface area contributed by atoms with Crippen LogP contribution >= 0.6 is 0 Å². The van der Waals surface area contributed by atoms with Crippen LogP contribution in [0.5, 0.6) is 11.5 Å². The van der Waals surface area contributed by atoms with Crippen molar-refractivity contribution < 1.29 is 28.8 Å². The van der Waals surface area contributed by atoms with Gasteiger partial charge in [0.1, 0.15) is 11.9 Å². The molecule has 0 unspecified atom stereocenters. The first-order valence-electron chi connectivity index (χ1n) is 5.97. The number of ether oxygens (including phenoxy) is 4. The number of benzene rings is 1. The van der Waals surface area contributed by atoms with Crippen LogP contribution in [0.15, 0.2) is 30.0 Å². The van der Waals surface area contributed by atoms with Crippen molar-refractivity contribution in [2.24, 2.45) is 0 Å². The van der Waals surface area contributed by atoms with E-state index in [9.17, 15) is 9.90 Å². The third-order valence-corrected chi connectivity index (χ3v) is 3.06. The molecular weight excluding hydrogens is 264 g/mol. The van der Waals surface area contributed by atoms with Gasteiger partial charge in [-0.15, -0.1) is 0 Å². The third-order valence-electron chi connectivity index (χ3n) is 3.06. The van der Waals surface area contributed by atoms with Gasteiger partial charge in [0.2, 0.25) is 0 Å². The standard InChI is InChI=1S/C14H16O6/c1-17-9-5-4-8(6-10(9)18-2)13(16)14-11(19-3)7-12(15)20-14/h4-7,13-14,16H,1-3H3/t13-,14+/m1/s1. The molecule has 0 fully saturated rings. The van der Waals surface area contributed by atoms with Gasteiger partial charge in [-0.25, -0.2) is 4.79 Å². The first-order valence-corrected chi connectivity index (χ1v) is 5.97. The van der Waals surface area contributed by atoms with Crippen LogP contribution in [0.3, 0.4) is 0 Å². The molecule has 1 aromatic carbocycles. The third kappa shape index (κ3) is 2.55. The molecule has 0 aliphatic carbocycles. The lowest BCUT2D eigenvalue weighted by molar-refractivity contribution is -0.144. The molecule has 0 amide bonds. The Morgan fingerprint density at radius 1 is 1.15 bits per heavy atom. The normalized spacial score (nSPS) is 19.1. The number of rotatable bonds is 5. The van der Waals surface area contributed by atoms with Gasteiger partial charge >= 0.3 is 5.97 Å². The summed E-state index contributed by atoms with van der Waals surface area (Å²) in [4.78, 5) is 11.2. The predicted molar refractivity (Wildman–Crippen MR) is 69.5 cm³/mol. The van der Waals surface area contributed by atoms with E-state index in [1.54, 1.807) is 18.2 Å². The zero-order valence-corrected chi connectivity index (χ0v) is 11.5. The summed E-state index contributed by atoms with van der Waals surface area (Å²) in [5, 5.41) is 10.3. The molecule has 0 saturated carbocycles. The first-order chi connectivity index (χ1) is 9.60. The molecule has 0 radical (unpaired) electrons. The minimum Gasteiger partial charge on any atom is -0.497 e. The van der Waals surface area contributed by atoms with E-state index < -0.39 is 18.2 Å². The van der Waals surface area contributed by atoms with Crippen molar-refractivity contribution in [2.45, 2.75) is 12.2 Å². The maximum absolute atomic E-state index is 11.2. The predicted octanol–water partition coefficient (Wildman–Crippen LogP) is 1.19. The van der Waals surface area contributed by atoms with E-state index in [1.807, 2.05) is 0 Å². The van der Waals surface area contributed by atoms with Crippen molar-refractivity contribution in [1.29, 1.82) is 0 Å². The van der Waals surface area contributed by atoms with E-state index >= 15 is 0 Å². The largest absolute Gasteiger partial charge is 0.497 e. The molecule has 20 heavy (non-hydrogen) atoms. The quantitative estimate of drug-likeness (QED) is 0.817. The fourth-order valence-electron chi connectivity index (χ4n) is 2.02. The summed E-state index contributed by atoms with van der Waals surface area (Å²) in [5.41, 5.74) is 0.533. The Morgan fingerprint density at radius 3 is 2.45 bits per heavy atom. The number of carbonyl (C=O) groups is 1. The first kappa shape index (κ1) is 14.2. The van der Waals surface area contributed by atoms with E-state index in [-0.39, 0.29) is 5.76 Å². The summed E-state index contributed by atoms with van der Waals surface area (Å²) in [6, 6.07) is 4.97. The number of cyclic esters (lactones) is 1. The fraction of sp³-hybridized carbons (Fsp3) is 0.357. The van der Waals surface area contributed by atoms with Crippen molar-refractivity contribution >= 4 is 5.97 Å². The molecule has 0 aromatic heterocycles. The number of hydrogen-bond acceptors (Lipinski definition) is 6. The zero-order valence-electron chi connectivity index (χ0n) is 11.5. The Hall–Kier alpha value is -2.21. The van der Waals surface area contributed by atoms with Gasteiger partial charge in [0, 0.05) is 0 Å². The summed E-state index contributed by atoms with van der Waals surface area (Å²) >= 11 is 0. The van der Waals surface area contributed by atoms with Crippen LogP contribution in [0.25, 0.3) is 0 Å². The molecule has 108 valence electrons. The molecule has 6 nitrogen and oxygen atoms in total. The number of aliphatic hydroxyl groups excluding tert-OH is 1. The fourth-order valence-corrected chi connectivity index (χ4v) is 2.02. The van der Waals surface area contributed by atoms with Crippen molar-refractivity contribution in [3.8, 4) is 11.5 Å². The second kappa shape index (κ2) is 5.83. The number of carbonyl (C=O) groups excluding carboxylic acids is 1. The van der Waals surface area contributed by atoms with Crippen LogP contribution in [-0.2, 0) is 14.3 Å². The van der Waals surface area contributed by atoms with Gasteiger partial charge in [0.15, 0.2) is 17.6 Å². The number of esters is 1. The molecule has 2 rings (SSSR count). The lowest BCUT2D eigenvalue weighted by Gasteiger charge is -2.20. The second-order valence-corrected chi connectivity index (χ2v) is 4.17. The molecule has 0 bridgehead atoms. The molecule has 1 aromatic rings. The average molecular weight is 280 g/mol. The Bertz CT molecular complexity index is 536. The van der Waals surface area contributed by atoms with Gasteiger partial charge in [-0.05, 0) is 17.7 Å². The monoisotopic (exact) mass is 280 g/mol. The van der Waals surface area contributed by atoms with Crippen LogP contribution in [0, 0.1) is 0 Å². The molecular formula is C14H16O6. The molecule has 2 atom stereocenters. The van der Waals surface area contributed by atoms with E-state index in [4.69, 9.17) is 18.9 Å². The molecule has 1 heterocycles. The Balaban J connectivity index is 2.27. The molecule has 1 aliphatic rings. The Kier molecular flexibility index (Phi) is 4.14. The van der Waals surface area contributed by atoms with E-state index in [1.165, 1.54) is 27.4 Å². The lowest BCUT2D eigenvalue weighted by atomic mass is 10.0. The number of methoxy groups -OCH3 is 3. The number of hydrogen-bond donors (Lipinski definition) is 1.